The van der Waals surface area contributed by atoms with Crippen LogP contribution in [-0.2, 0) is 11.3 Å². The predicted molar refractivity (Wildman–Crippen MR) is 115 cm³/mol. The number of hydrogen-bond donors (Lipinski definition) is 2. The second kappa shape index (κ2) is 8.95. The number of carbonyl (C=O) groups excluding carboxylic acids is 1. The van der Waals surface area contributed by atoms with E-state index in [0.29, 0.717) is 5.52 Å². The lowest BCUT2D eigenvalue weighted by molar-refractivity contribution is 0.0825. The van der Waals surface area contributed by atoms with Crippen LogP contribution in [0.4, 0.5) is 4.79 Å². The van der Waals surface area contributed by atoms with Gasteiger partial charge in [0.2, 0.25) is 0 Å². The Bertz CT molecular complexity index is 1120. The maximum absolute atomic E-state index is 12.9. The topological polar surface area (TPSA) is 71.7 Å². The molecule has 5 nitrogen and oxygen atoms in total. The summed E-state index contributed by atoms with van der Waals surface area (Å²) in [6.07, 6.45) is 0.202. The lowest BCUT2D eigenvalue weighted by atomic mass is 9.86. The number of aliphatic hydroxyl groups excluding tert-OH is 2. The summed E-state index contributed by atoms with van der Waals surface area (Å²) in [6, 6.07) is 26.5. The van der Waals surface area contributed by atoms with Crippen molar-refractivity contribution in [2.45, 2.75) is 18.6 Å². The van der Waals surface area contributed by atoms with Crippen molar-refractivity contribution < 1.29 is 19.7 Å². The molecule has 0 radical (unpaired) electrons. The fraction of sp³-hybridized carbons (Fsp3) is 0.160. The molecule has 0 spiro atoms. The molecule has 2 atom stereocenters. The van der Waals surface area contributed by atoms with E-state index in [1.54, 1.807) is 6.20 Å². The zero-order valence-electron chi connectivity index (χ0n) is 16.4. The van der Waals surface area contributed by atoms with Crippen molar-refractivity contribution in [3.63, 3.8) is 0 Å². The molecule has 1 heterocycles. The quantitative estimate of drug-likeness (QED) is 0.505. The van der Waals surface area contributed by atoms with Gasteiger partial charge in [0.1, 0.15) is 6.61 Å². The second-order valence-electron chi connectivity index (χ2n) is 7.15. The van der Waals surface area contributed by atoms with E-state index in [2.05, 4.69) is 0 Å². The van der Waals surface area contributed by atoms with Gasteiger partial charge in [0.15, 0.2) is 0 Å². The molecule has 0 bridgehead atoms. The number of hydrogen-bond acceptors (Lipinski definition) is 4. The standard InChI is InChI=1S/C25H23NO4/c27-16-23(28)24(19-11-5-2-6-12-19)21-15-26(22-14-8-7-13-20(21)22)25(29)30-17-18-9-3-1-4-10-18/h1-15,23-24,27-28H,16-17H2. The van der Waals surface area contributed by atoms with E-state index in [4.69, 9.17) is 4.74 Å². The average Bonchev–Trinajstić information content (AvgIpc) is 3.18. The maximum Gasteiger partial charge on any atom is 0.418 e. The number of aromatic nitrogens is 1. The summed E-state index contributed by atoms with van der Waals surface area (Å²) in [7, 11) is 0. The molecule has 152 valence electrons. The van der Waals surface area contributed by atoms with Gasteiger partial charge in [-0.05, 0) is 22.8 Å². The SMILES string of the molecule is O=C(OCc1ccccc1)n1cc(C(c2ccccc2)C(O)CO)c2ccccc21. The van der Waals surface area contributed by atoms with Crippen molar-refractivity contribution >= 4 is 17.0 Å². The molecule has 4 rings (SSSR count). The van der Waals surface area contributed by atoms with Gasteiger partial charge in [0, 0.05) is 17.5 Å². The first-order valence-electron chi connectivity index (χ1n) is 9.84. The van der Waals surface area contributed by atoms with E-state index in [-0.39, 0.29) is 6.61 Å². The van der Waals surface area contributed by atoms with Crippen LogP contribution in [0.15, 0.2) is 91.1 Å². The Morgan fingerprint density at radius 1 is 0.900 bits per heavy atom. The third-order valence-electron chi connectivity index (χ3n) is 5.21. The molecule has 30 heavy (non-hydrogen) atoms. The average molecular weight is 401 g/mol. The third-order valence-corrected chi connectivity index (χ3v) is 5.21. The van der Waals surface area contributed by atoms with Crippen LogP contribution in [0.25, 0.3) is 10.9 Å². The minimum absolute atomic E-state index is 0.170. The monoisotopic (exact) mass is 401 g/mol. The summed E-state index contributed by atoms with van der Waals surface area (Å²) in [5.74, 6) is -0.482. The van der Waals surface area contributed by atoms with E-state index >= 15 is 0 Å². The fourth-order valence-electron chi connectivity index (χ4n) is 3.77. The van der Waals surface area contributed by atoms with Crippen molar-refractivity contribution in [2.24, 2.45) is 0 Å². The zero-order chi connectivity index (χ0) is 20.9. The number of nitrogens with zero attached hydrogens (tertiary/aromatic N) is 1. The highest BCUT2D eigenvalue weighted by atomic mass is 16.5. The minimum atomic E-state index is -1.01. The molecule has 0 fully saturated rings. The maximum atomic E-state index is 12.9. The van der Waals surface area contributed by atoms with Crippen LogP contribution in [0.3, 0.4) is 0 Å². The molecule has 0 aliphatic rings. The van der Waals surface area contributed by atoms with E-state index in [1.807, 2.05) is 84.9 Å². The highest BCUT2D eigenvalue weighted by Gasteiger charge is 2.27. The van der Waals surface area contributed by atoms with Crippen LogP contribution in [-0.4, -0.2) is 33.6 Å². The summed E-state index contributed by atoms with van der Waals surface area (Å²) in [5, 5.41) is 21.1. The Balaban J connectivity index is 1.73. The normalized spacial score (nSPS) is 13.1. The zero-order valence-corrected chi connectivity index (χ0v) is 16.4. The molecule has 1 aromatic heterocycles. The first-order chi connectivity index (χ1) is 14.7. The number of para-hydroxylation sites is 1. The third kappa shape index (κ3) is 3.99. The van der Waals surface area contributed by atoms with Gasteiger partial charge in [-0.3, -0.25) is 4.57 Å². The first kappa shape index (κ1) is 19.9. The van der Waals surface area contributed by atoms with E-state index < -0.39 is 24.7 Å². The second-order valence-corrected chi connectivity index (χ2v) is 7.15. The largest absolute Gasteiger partial charge is 0.444 e. The molecule has 2 N–H and O–H groups in total. The molecular weight excluding hydrogens is 378 g/mol. The Morgan fingerprint density at radius 2 is 1.53 bits per heavy atom. The van der Waals surface area contributed by atoms with Crippen LogP contribution in [0.2, 0.25) is 0 Å². The molecule has 0 amide bonds. The van der Waals surface area contributed by atoms with Crippen molar-refractivity contribution in [3.8, 4) is 0 Å². The van der Waals surface area contributed by atoms with Gasteiger partial charge in [0.05, 0.1) is 18.2 Å². The highest BCUT2D eigenvalue weighted by molar-refractivity contribution is 5.92. The predicted octanol–water partition coefficient (Wildman–Crippen LogP) is 4.31. The lowest BCUT2D eigenvalue weighted by Crippen LogP contribution is -2.23. The van der Waals surface area contributed by atoms with E-state index in [1.165, 1.54) is 4.57 Å². The summed E-state index contributed by atoms with van der Waals surface area (Å²) in [6.45, 7) is -0.222. The first-order valence-corrected chi connectivity index (χ1v) is 9.84. The van der Waals surface area contributed by atoms with Gasteiger partial charge in [-0.25, -0.2) is 4.79 Å². The molecule has 0 aliphatic carbocycles. The number of carbonyl (C=O) groups is 1. The van der Waals surface area contributed by atoms with E-state index in [9.17, 15) is 15.0 Å². The van der Waals surface area contributed by atoms with Crippen molar-refractivity contribution in [1.82, 2.24) is 4.57 Å². The summed E-state index contributed by atoms with van der Waals surface area (Å²) in [5.41, 5.74) is 3.21. The Morgan fingerprint density at radius 3 is 2.23 bits per heavy atom. The van der Waals surface area contributed by atoms with Gasteiger partial charge in [-0.2, -0.15) is 0 Å². The molecule has 3 aromatic carbocycles. The Kier molecular flexibility index (Phi) is 5.93. The van der Waals surface area contributed by atoms with Gasteiger partial charge < -0.3 is 14.9 Å². The molecular formula is C25H23NO4. The smallest absolute Gasteiger partial charge is 0.418 e. The molecule has 5 heteroatoms. The van der Waals surface area contributed by atoms with Crippen molar-refractivity contribution in [2.75, 3.05) is 6.61 Å². The molecule has 0 saturated heterocycles. The van der Waals surface area contributed by atoms with Gasteiger partial charge >= 0.3 is 6.09 Å². The van der Waals surface area contributed by atoms with Gasteiger partial charge in [0.25, 0.3) is 0 Å². The molecule has 4 aromatic rings. The van der Waals surface area contributed by atoms with Crippen molar-refractivity contribution in [3.05, 3.63) is 108 Å². The highest BCUT2D eigenvalue weighted by Crippen LogP contribution is 2.35. The van der Waals surface area contributed by atoms with Crippen LogP contribution >= 0.6 is 0 Å². The lowest BCUT2D eigenvalue weighted by Gasteiger charge is -2.21. The Labute approximate surface area is 174 Å². The van der Waals surface area contributed by atoms with Crippen LogP contribution in [0.1, 0.15) is 22.6 Å². The Hall–Kier alpha value is -3.41. The number of aliphatic hydroxyl groups is 2. The fourth-order valence-corrected chi connectivity index (χ4v) is 3.77. The number of fused-ring (bicyclic) bond motifs is 1. The number of benzene rings is 3. The van der Waals surface area contributed by atoms with E-state index in [0.717, 1.165) is 22.1 Å². The molecule has 2 unspecified atom stereocenters. The summed E-state index contributed by atoms with van der Waals surface area (Å²) >= 11 is 0. The minimum Gasteiger partial charge on any atom is -0.444 e. The molecule has 0 aliphatic heterocycles. The van der Waals surface area contributed by atoms with Gasteiger partial charge in [-0.1, -0.05) is 78.9 Å². The number of ether oxygens (including phenoxy) is 1. The van der Waals surface area contributed by atoms with Crippen LogP contribution in [0, 0.1) is 0 Å². The van der Waals surface area contributed by atoms with Crippen molar-refractivity contribution in [1.29, 1.82) is 0 Å². The number of rotatable bonds is 6. The summed E-state index contributed by atoms with van der Waals surface area (Å²) in [4.78, 5) is 12.9. The van der Waals surface area contributed by atoms with Crippen LogP contribution in [0.5, 0.6) is 0 Å². The van der Waals surface area contributed by atoms with Crippen LogP contribution < -0.4 is 0 Å². The molecule has 0 saturated carbocycles. The van der Waals surface area contributed by atoms with Gasteiger partial charge in [-0.15, -0.1) is 0 Å². The summed E-state index contributed by atoms with van der Waals surface area (Å²) < 4.78 is 6.99.